The van der Waals surface area contributed by atoms with E-state index in [1.165, 1.54) is 13.8 Å². The third-order valence-electron chi connectivity index (χ3n) is 4.22. The largest absolute Gasteiger partial charge is 0.393 e. The van der Waals surface area contributed by atoms with Crippen molar-refractivity contribution in [1.29, 1.82) is 0 Å². The molecule has 10 heteroatoms. The van der Waals surface area contributed by atoms with E-state index in [1.54, 1.807) is 0 Å². The Labute approximate surface area is 154 Å². The standard InChI is InChI=1S/C15H32O8S2/c1-14(2,24-23-22-18)10-8-12(16)6-5-7-13(17)9-11-15(3,4)25(19,20)21/h12-13,16-18H,5-11H2,1-4H3,(H,19,20,21). The Balaban J connectivity index is 3.99. The average Bonchev–Trinajstić information content (AvgIpc) is 2.48. The van der Waals surface area contributed by atoms with Gasteiger partial charge in [0.2, 0.25) is 0 Å². The Bertz CT molecular complexity index is 464. The van der Waals surface area contributed by atoms with E-state index >= 15 is 0 Å². The number of hydrogen-bond donors (Lipinski definition) is 4. The van der Waals surface area contributed by atoms with Crippen LogP contribution < -0.4 is 0 Å². The van der Waals surface area contributed by atoms with Crippen LogP contribution in [0.2, 0.25) is 0 Å². The third kappa shape index (κ3) is 11.4. The summed E-state index contributed by atoms with van der Waals surface area (Å²) in [5.41, 5.74) is 0. The zero-order valence-corrected chi connectivity index (χ0v) is 17.0. The lowest BCUT2D eigenvalue weighted by Crippen LogP contribution is -2.32. The average molecular weight is 405 g/mol. The van der Waals surface area contributed by atoms with Crippen molar-refractivity contribution in [1.82, 2.24) is 0 Å². The van der Waals surface area contributed by atoms with Crippen LogP contribution in [0.15, 0.2) is 0 Å². The van der Waals surface area contributed by atoms with E-state index in [0.29, 0.717) is 32.1 Å². The second kappa shape index (κ2) is 11.0. The molecule has 0 aromatic carbocycles. The van der Waals surface area contributed by atoms with Crippen molar-refractivity contribution >= 4 is 22.2 Å². The Kier molecular flexibility index (Phi) is 11.1. The lowest BCUT2D eigenvalue weighted by molar-refractivity contribution is -0.432. The summed E-state index contributed by atoms with van der Waals surface area (Å²) in [5, 5.41) is 31.6. The maximum absolute atomic E-state index is 11.2. The van der Waals surface area contributed by atoms with Gasteiger partial charge in [-0.1, -0.05) is 5.04 Å². The first-order valence-corrected chi connectivity index (χ1v) is 10.5. The van der Waals surface area contributed by atoms with E-state index in [0.717, 1.165) is 12.0 Å². The van der Waals surface area contributed by atoms with Crippen molar-refractivity contribution in [3.8, 4) is 0 Å². The minimum Gasteiger partial charge on any atom is -0.393 e. The van der Waals surface area contributed by atoms with Crippen molar-refractivity contribution in [2.24, 2.45) is 0 Å². The molecule has 0 amide bonds. The summed E-state index contributed by atoms with van der Waals surface area (Å²) in [5.74, 6) is 0. The van der Waals surface area contributed by atoms with Crippen LogP contribution >= 0.6 is 12.0 Å². The molecule has 4 N–H and O–H groups in total. The molecule has 25 heavy (non-hydrogen) atoms. The van der Waals surface area contributed by atoms with E-state index < -0.39 is 27.1 Å². The van der Waals surface area contributed by atoms with E-state index in [4.69, 9.17) is 9.81 Å². The summed E-state index contributed by atoms with van der Waals surface area (Å²) in [6.45, 7) is 6.63. The van der Waals surface area contributed by atoms with Gasteiger partial charge in [-0.3, -0.25) is 4.55 Å². The van der Waals surface area contributed by atoms with E-state index in [9.17, 15) is 18.6 Å². The molecule has 0 saturated carbocycles. The van der Waals surface area contributed by atoms with Gasteiger partial charge in [0.05, 0.1) is 17.0 Å². The van der Waals surface area contributed by atoms with Gasteiger partial charge >= 0.3 is 0 Å². The van der Waals surface area contributed by atoms with Crippen LogP contribution in [0.4, 0.5) is 0 Å². The summed E-state index contributed by atoms with van der Waals surface area (Å²) >= 11 is 0.967. The van der Waals surface area contributed by atoms with E-state index in [2.05, 4.69) is 9.37 Å². The molecule has 0 fully saturated rings. The Morgan fingerprint density at radius 3 is 1.88 bits per heavy atom. The highest BCUT2D eigenvalue weighted by Crippen LogP contribution is 2.31. The normalized spacial score (nSPS) is 16.0. The summed E-state index contributed by atoms with van der Waals surface area (Å²) in [6.07, 6.45) is 2.02. The van der Waals surface area contributed by atoms with Gasteiger partial charge in [0.15, 0.2) is 0 Å². The van der Waals surface area contributed by atoms with Crippen LogP contribution in [0.1, 0.15) is 72.6 Å². The molecule has 0 aliphatic heterocycles. The molecule has 0 saturated heterocycles. The minimum atomic E-state index is -4.15. The zero-order chi connectivity index (χ0) is 19.7. The maximum atomic E-state index is 11.2. The van der Waals surface area contributed by atoms with Crippen LogP contribution in [-0.4, -0.2) is 50.1 Å². The van der Waals surface area contributed by atoms with Gasteiger partial charge in [-0.15, -0.1) is 4.33 Å². The first-order valence-electron chi connectivity index (χ1n) is 8.30. The zero-order valence-electron chi connectivity index (χ0n) is 15.3. The molecule has 0 heterocycles. The fourth-order valence-corrected chi connectivity index (χ4v) is 2.98. The van der Waals surface area contributed by atoms with Gasteiger partial charge in [-0.05, 0) is 72.6 Å². The molecule has 0 spiro atoms. The molecule has 8 nitrogen and oxygen atoms in total. The van der Waals surface area contributed by atoms with Crippen molar-refractivity contribution in [2.75, 3.05) is 0 Å². The number of aliphatic hydroxyl groups excluding tert-OH is 2. The number of aliphatic hydroxyl groups is 2. The fraction of sp³-hybridized carbons (Fsp3) is 1.00. The van der Waals surface area contributed by atoms with Gasteiger partial charge in [-0.25, -0.2) is 5.26 Å². The Morgan fingerprint density at radius 1 is 0.960 bits per heavy atom. The Morgan fingerprint density at radius 2 is 1.44 bits per heavy atom. The van der Waals surface area contributed by atoms with Crippen molar-refractivity contribution in [2.45, 2.75) is 94.3 Å². The SMILES string of the molecule is CC(C)(CCC(O)CCCC(O)CCC(C)(C)S(=O)(=O)O)SOOO. The maximum Gasteiger partial charge on any atom is 0.270 e. The third-order valence-corrected chi connectivity index (χ3v) is 6.61. The highest BCUT2D eigenvalue weighted by molar-refractivity contribution is 7.95. The quantitative estimate of drug-likeness (QED) is 0.149. The van der Waals surface area contributed by atoms with Crippen LogP contribution in [0.5, 0.6) is 0 Å². The molecule has 2 unspecified atom stereocenters. The van der Waals surface area contributed by atoms with Crippen LogP contribution in [-0.2, 0) is 19.5 Å². The first kappa shape index (κ1) is 25.1. The Hall–Kier alpha value is 0.0600. The lowest BCUT2D eigenvalue weighted by atomic mass is 9.97. The molecular weight excluding hydrogens is 372 g/mol. The summed E-state index contributed by atoms with van der Waals surface area (Å²) in [6, 6.07) is 0. The molecule has 0 rings (SSSR count). The van der Waals surface area contributed by atoms with Gasteiger partial charge in [0.1, 0.15) is 0 Å². The summed E-state index contributed by atoms with van der Waals surface area (Å²) < 4.78 is 34.3. The predicted octanol–water partition coefficient (Wildman–Crippen LogP) is 2.95. The minimum absolute atomic E-state index is 0.161. The molecule has 0 aromatic rings. The van der Waals surface area contributed by atoms with Crippen LogP contribution in [0.3, 0.4) is 0 Å². The van der Waals surface area contributed by atoms with Crippen molar-refractivity contribution in [3.05, 3.63) is 0 Å². The molecule has 0 bridgehead atoms. The highest BCUT2D eigenvalue weighted by Gasteiger charge is 2.32. The first-order chi connectivity index (χ1) is 11.3. The van der Waals surface area contributed by atoms with Crippen molar-refractivity contribution < 1.29 is 37.8 Å². The molecule has 0 aromatic heterocycles. The van der Waals surface area contributed by atoms with Gasteiger partial charge in [0.25, 0.3) is 10.1 Å². The smallest absolute Gasteiger partial charge is 0.270 e. The predicted molar refractivity (Wildman–Crippen MR) is 96.4 cm³/mol. The van der Waals surface area contributed by atoms with E-state index in [1.807, 2.05) is 13.8 Å². The van der Waals surface area contributed by atoms with Crippen molar-refractivity contribution in [3.63, 3.8) is 0 Å². The second-order valence-corrected chi connectivity index (χ2v) is 11.0. The fourth-order valence-electron chi connectivity index (χ4n) is 2.18. The highest BCUT2D eigenvalue weighted by atomic mass is 32.2. The molecule has 2 atom stereocenters. The van der Waals surface area contributed by atoms with Gasteiger partial charge in [0, 0.05) is 16.8 Å². The van der Waals surface area contributed by atoms with Crippen LogP contribution in [0, 0.1) is 0 Å². The summed E-state index contributed by atoms with van der Waals surface area (Å²) in [4.78, 5) is 0. The topological polar surface area (TPSA) is 134 Å². The lowest BCUT2D eigenvalue weighted by Gasteiger charge is -2.23. The molecular formula is C15H32O8S2. The van der Waals surface area contributed by atoms with E-state index in [-0.39, 0.29) is 17.6 Å². The molecule has 152 valence electrons. The molecule has 0 radical (unpaired) electrons. The number of rotatable bonds is 14. The second-order valence-electron chi connectivity index (χ2n) is 7.54. The summed E-state index contributed by atoms with van der Waals surface area (Å²) in [7, 11) is -4.15. The molecule has 0 aliphatic carbocycles. The van der Waals surface area contributed by atoms with Crippen LogP contribution in [0.25, 0.3) is 0 Å². The van der Waals surface area contributed by atoms with Gasteiger partial charge < -0.3 is 10.2 Å². The number of hydrogen-bond acceptors (Lipinski definition) is 8. The van der Waals surface area contributed by atoms with Gasteiger partial charge in [-0.2, -0.15) is 8.42 Å². The monoisotopic (exact) mass is 404 g/mol. The molecule has 0 aliphatic rings.